The van der Waals surface area contributed by atoms with Crippen LogP contribution in [-0.4, -0.2) is 56.3 Å². The van der Waals surface area contributed by atoms with Gasteiger partial charge in [-0.3, -0.25) is 9.88 Å². The Kier molecular flexibility index (Phi) is 5.49. The Hall–Kier alpha value is -2.98. The van der Waals surface area contributed by atoms with Crippen molar-refractivity contribution < 1.29 is 13.5 Å². The molecule has 0 spiro atoms. The predicted octanol–water partition coefficient (Wildman–Crippen LogP) is 1.81. The van der Waals surface area contributed by atoms with Gasteiger partial charge < -0.3 is 10.1 Å². The van der Waals surface area contributed by atoms with Gasteiger partial charge in [0.1, 0.15) is 5.75 Å². The number of alkyl halides is 2. The summed E-state index contributed by atoms with van der Waals surface area (Å²) in [5.41, 5.74) is 1.80. The van der Waals surface area contributed by atoms with E-state index in [0.29, 0.717) is 18.1 Å². The number of hydrogen-bond acceptors (Lipinski definition) is 7. The second-order valence-electron chi connectivity index (χ2n) is 6.36. The fraction of sp³-hybridized carbons (Fsp3) is 0.333. The highest BCUT2D eigenvalue weighted by Gasteiger charge is 2.26. The standard InChI is InChI=1S/C18H19F2N7O/c19-18(20)28-15-5-3-14(4-6-15)27-17(23-24-25-27)12-26-9-8-22-11-16(26)13-2-1-7-21-10-13/h1-7,10,16,18,22H,8-9,11-12H2. The molecule has 1 aliphatic rings. The molecule has 3 heterocycles. The van der Waals surface area contributed by atoms with Crippen LogP contribution in [0.4, 0.5) is 8.78 Å². The second kappa shape index (κ2) is 8.36. The first-order valence-corrected chi connectivity index (χ1v) is 8.88. The number of aromatic nitrogens is 5. The number of ether oxygens (including phenoxy) is 1. The summed E-state index contributed by atoms with van der Waals surface area (Å²) in [6.45, 7) is 0.216. The number of rotatable bonds is 6. The predicted molar refractivity (Wildman–Crippen MR) is 96.0 cm³/mol. The van der Waals surface area contributed by atoms with Gasteiger partial charge in [-0.2, -0.15) is 13.5 Å². The highest BCUT2D eigenvalue weighted by atomic mass is 19.3. The highest BCUT2D eigenvalue weighted by molar-refractivity contribution is 5.37. The van der Waals surface area contributed by atoms with E-state index in [2.05, 4.69) is 41.5 Å². The van der Waals surface area contributed by atoms with Crippen LogP contribution < -0.4 is 10.1 Å². The van der Waals surface area contributed by atoms with Crippen molar-refractivity contribution >= 4 is 0 Å². The van der Waals surface area contributed by atoms with Crippen molar-refractivity contribution in [1.29, 1.82) is 0 Å². The monoisotopic (exact) mass is 387 g/mol. The van der Waals surface area contributed by atoms with Crippen molar-refractivity contribution in [3.8, 4) is 11.4 Å². The van der Waals surface area contributed by atoms with Crippen LogP contribution in [0.5, 0.6) is 5.75 Å². The van der Waals surface area contributed by atoms with Crippen LogP contribution in [0.1, 0.15) is 17.4 Å². The van der Waals surface area contributed by atoms with Crippen LogP contribution in [0.15, 0.2) is 48.8 Å². The van der Waals surface area contributed by atoms with Gasteiger partial charge in [0.25, 0.3) is 0 Å². The summed E-state index contributed by atoms with van der Waals surface area (Å²) in [7, 11) is 0. The molecule has 1 saturated heterocycles. The van der Waals surface area contributed by atoms with E-state index < -0.39 is 6.61 Å². The number of pyridine rings is 1. The summed E-state index contributed by atoms with van der Waals surface area (Å²) in [5, 5.41) is 15.4. The van der Waals surface area contributed by atoms with E-state index in [1.54, 1.807) is 23.0 Å². The fourth-order valence-electron chi connectivity index (χ4n) is 3.29. The minimum Gasteiger partial charge on any atom is -0.435 e. The molecule has 1 unspecified atom stereocenters. The number of piperazine rings is 1. The Bertz CT molecular complexity index is 888. The van der Waals surface area contributed by atoms with Crippen molar-refractivity contribution in [3.05, 3.63) is 60.2 Å². The summed E-state index contributed by atoms with van der Waals surface area (Å²) >= 11 is 0. The molecule has 0 saturated carbocycles. The van der Waals surface area contributed by atoms with Gasteiger partial charge >= 0.3 is 6.61 Å². The van der Waals surface area contributed by atoms with Gasteiger partial charge in [0.2, 0.25) is 0 Å². The topological polar surface area (TPSA) is 81.0 Å². The van der Waals surface area contributed by atoms with E-state index in [1.807, 2.05) is 12.3 Å². The lowest BCUT2D eigenvalue weighted by atomic mass is 10.1. The van der Waals surface area contributed by atoms with E-state index in [-0.39, 0.29) is 11.8 Å². The van der Waals surface area contributed by atoms with Crippen LogP contribution in [-0.2, 0) is 6.54 Å². The lowest BCUT2D eigenvalue weighted by Crippen LogP contribution is -2.45. The molecule has 146 valence electrons. The Morgan fingerprint density at radius 1 is 1.21 bits per heavy atom. The van der Waals surface area contributed by atoms with Gasteiger partial charge in [-0.15, -0.1) is 5.10 Å². The maximum Gasteiger partial charge on any atom is 0.387 e. The quantitative estimate of drug-likeness (QED) is 0.691. The summed E-state index contributed by atoms with van der Waals surface area (Å²) in [5.74, 6) is 0.755. The molecule has 0 amide bonds. The number of hydrogen-bond donors (Lipinski definition) is 1. The zero-order chi connectivity index (χ0) is 19.3. The molecule has 4 rings (SSSR count). The van der Waals surface area contributed by atoms with Gasteiger partial charge in [-0.1, -0.05) is 6.07 Å². The molecule has 0 aliphatic carbocycles. The third kappa shape index (κ3) is 4.12. The molecular formula is C18H19F2N7O. The second-order valence-corrected chi connectivity index (χ2v) is 6.36. The van der Waals surface area contributed by atoms with Gasteiger partial charge in [0.15, 0.2) is 5.82 Å². The minimum atomic E-state index is -2.86. The van der Waals surface area contributed by atoms with Crippen molar-refractivity contribution in [2.24, 2.45) is 0 Å². The molecule has 8 nitrogen and oxygen atoms in total. The lowest BCUT2D eigenvalue weighted by molar-refractivity contribution is -0.0498. The van der Waals surface area contributed by atoms with Gasteiger partial charge in [0.05, 0.1) is 12.2 Å². The van der Waals surface area contributed by atoms with E-state index in [9.17, 15) is 8.78 Å². The van der Waals surface area contributed by atoms with E-state index in [0.717, 1.165) is 25.2 Å². The highest BCUT2D eigenvalue weighted by Crippen LogP contribution is 2.24. The Labute approximate surface area is 160 Å². The average molecular weight is 387 g/mol. The van der Waals surface area contributed by atoms with Crippen molar-refractivity contribution in [2.45, 2.75) is 19.2 Å². The minimum absolute atomic E-state index is 0.0899. The van der Waals surface area contributed by atoms with Crippen LogP contribution >= 0.6 is 0 Å². The SMILES string of the molecule is FC(F)Oc1ccc(-n2nnnc2CN2CCNCC2c2cccnc2)cc1. The molecule has 2 aromatic heterocycles. The summed E-state index contributed by atoms with van der Waals surface area (Å²) < 4.78 is 30.6. The molecular weight excluding hydrogens is 368 g/mol. The first-order valence-electron chi connectivity index (χ1n) is 8.88. The smallest absolute Gasteiger partial charge is 0.387 e. The molecule has 0 radical (unpaired) electrons. The van der Waals surface area contributed by atoms with E-state index >= 15 is 0 Å². The molecule has 1 aromatic carbocycles. The zero-order valence-electron chi connectivity index (χ0n) is 14.9. The van der Waals surface area contributed by atoms with Crippen LogP contribution in [0.3, 0.4) is 0 Å². The summed E-state index contributed by atoms with van der Waals surface area (Å²) in [6, 6.07) is 10.4. The largest absolute Gasteiger partial charge is 0.435 e. The zero-order valence-corrected chi connectivity index (χ0v) is 14.9. The Morgan fingerprint density at radius 2 is 2.07 bits per heavy atom. The molecule has 1 N–H and O–H groups in total. The maximum absolute atomic E-state index is 12.3. The number of halogens is 2. The van der Waals surface area contributed by atoms with Gasteiger partial charge in [-0.25, -0.2) is 0 Å². The fourth-order valence-corrected chi connectivity index (χ4v) is 3.29. The number of benzene rings is 1. The summed E-state index contributed by atoms with van der Waals surface area (Å²) in [4.78, 5) is 6.52. The number of nitrogens with one attached hydrogen (secondary N) is 1. The third-order valence-electron chi connectivity index (χ3n) is 4.61. The van der Waals surface area contributed by atoms with E-state index in [1.165, 1.54) is 12.1 Å². The Balaban J connectivity index is 1.53. The maximum atomic E-state index is 12.3. The van der Waals surface area contributed by atoms with Crippen LogP contribution in [0, 0.1) is 0 Å². The van der Waals surface area contributed by atoms with Gasteiger partial charge in [-0.05, 0) is 46.3 Å². The first kappa shape index (κ1) is 18.4. The van der Waals surface area contributed by atoms with E-state index in [4.69, 9.17) is 0 Å². The van der Waals surface area contributed by atoms with Gasteiger partial charge in [0, 0.05) is 38.1 Å². The molecule has 28 heavy (non-hydrogen) atoms. The van der Waals surface area contributed by atoms with Crippen molar-refractivity contribution in [3.63, 3.8) is 0 Å². The van der Waals surface area contributed by atoms with Crippen molar-refractivity contribution in [2.75, 3.05) is 19.6 Å². The molecule has 1 fully saturated rings. The average Bonchev–Trinajstić information content (AvgIpc) is 3.17. The lowest BCUT2D eigenvalue weighted by Gasteiger charge is -2.35. The number of tetrazole rings is 1. The molecule has 10 heteroatoms. The first-order chi connectivity index (χ1) is 13.7. The molecule has 3 aromatic rings. The van der Waals surface area contributed by atoms with Crippen LogP contribution in [0.25, 0.3) is 5.69 Å². The Morgan fingerprint density at radius 3 is 2.82 bits per heavy atom. The molecule has 0 bridgehead atoms. The third-order valence-corrected chi connectivity index (χ3v) is 4.61. The summed E-state index contributed by atoms with van der Waals surface area (Å²) in [6.07, 6.45) is 3.63. The van der Waals surface area contributed by atoms with Crippen LogP contribution in [0.2, 0.25) is 0 Å². The number of nitrogens with zero attached hydrogens (tertiary/aromatic N) is 6. The van der Waals surface area contributed by atoms with Crippen molar-refractivity contribution in [1.82, 2.24) is 35.4 Å². The molecule has 1 atom stereocenters. The normalized spacial score (nSPS) is 17.8. The molecule has 1 aliphatic heterocycles.